The zero-order valence-electron chi connectivity index (χ0n) is 14.3. The standard InChI is InChI=1S/C17H17Cl2F3N2O3/c1-9-3-2-4-11-15(9)23-24(16(11,26)17(20,21)22)14(25)8-27-13-6-5-10(18)7-12(13)19/h5-7,9,11,26H,2-4,8H2,1H3/t9-,11+,16-/m1/s1. The van der Waals surface area contributed by atoms with Crippen molar-refractivity contribution in [3.63, 3.8) is 0 Å². The van der Waals surface area contributed by atoms with Gasteiger partial charge >= 0.3 is 6.18 Å². The van der Waals surface area contributed by atoms with Crippen molar-refractivity contribution >= 4 is 34.8 Å². The zero-order chi connectivity index (χ0) is 20.0. The first-order valence-corrected chi connectivity index (χ1v) is 9.09. The Balaban J connectivity index is 1.85. The lowest BCUT2D eigenvalue weighted by Crippen LogP contribution is -2.62. The van der Waals surface area contributed by atoms with Gasteiger partial charge in [0.15, 0.2) is 6.61 Å². The smallest absolute Gasteiger partial charge is 0.439 e. The Hall–Kier alpha value is -1.51. The summed E-state index contributed by atoms with van der Waals surface area (Å²) in [7, 11) is 0. The first-order chi connectivity index (χ1) is 12.6. The molecule has 1 aliphatic heterocycles. The van der Waals surface area contributed by atoms with E-state index in [4.69, 9.17) is 27.9 Å². The molecule has 5 nitrogen and oxygen atoms in total. The molecule has 0 spiro atoms. The molecule has 0 unspecified atom stereocenters. The van der Waals surface area contributed by atoms with Gasteiger partial charge in [-0.2, -0.15) is 23.3 Å². The molecule has 1 N–H and O–H groups in total. The van der Waals surface area contributed by atoms with Crippen LogP contribution in [0.5, 0.6) is 5.75 Å². The first kappa shape index (κ1) is 20.2. The summed E-state index contributed by atoms with van der Waals surface area (Å²) in [4.78, 5) is 12.5. The van der Waals surface area contributed by atoms with Crippen LogP contribution in [0.25, 0.3) is 0 Å². The highest BCUT2D eigenvalue weighted by molar-refractivity contribution is 6.35. The fourth-order valence-corrected chi connectivity index (χ4v) is 4.00. The number of hydrazone groups is 1. The SMILES string of the molecule is C[C@@H]1CCC[C@H]2C1=NN(C(=O)COc1ccc(Cl)cc1Cl)[C@]2(O)C(F)(F)F. The molecule has 3 rings (SSSR count). The maximum atomic E-state index is 13.7. The Morgan fingerprint density at radius 1 is 1.41 bits per heavy atom. The molecule has 1 aromatic rings. The molecule has 148 valence electrons. The van der Waals surface area contributed by atoms with Crippen LogP contribution >= 0.6 is 23.2 Å². The minimum Gasteiger partial charge on any atom is -0.482 e. The van der Waals surface area contributed by atoms with Crippen molar-refractivity contribution in [1.29, 1.82) is 0 Å². The number of benzene rings is 1. The molecule has 2 aliphatic rings. The molecule has 1 aliphatic carbocycles. The van der Waals surface area contributed by atoms with E-state index in [1.165, 1.54) is 18.2 Å². The van der Waals surface area contributed by atoms with Crippen LogP contribution in [0.15, 0.2) is 23.3 Å². The number of ether oxygens (including phenoxy) is 1. The number of nitrogens with zero attached hydrogens (tertiary/aromatic N) is 2. The molecule has 1 fully saturated rings. The molecule has 0 radical (unpaired) electrons. The van der Waals surface area contributed by atoms with E-state index in [1.54, 1.807) is 6.92 Å². The minimum absolute atomic E-state index is 0.0857. The molecule has 10 heteroatoms. The van der Waals surface area contributed by atoms with E-state index in [1.807, 2.05) is 0 Å². The number of hydrogen-bond donors (Lipinski definition) is 1. The van der Waals surface area contributed by atoms with E-state index < -0.39 is 30.3 Å². The topological polar surface area (TPSA) is 62.1 Å². The van der Waals surface area contributed by atoms with Gasteiger partial charge in [0.25, 0.3) is 11.6 Å². The van der Waals surface area contributed by atoms with Crippen LogP contribution in [0.2, 0.25) is 10.0 Å². The summed E-state index contributed by atoms with van der Waals surface area (Å²) in [5.41, 5.74) is -3.18. The normalized spacial score (nSPS) is 28.0. The number of fused-ring (bicyclic) bond motifs is 1. The zero-order valence-corrected chi connectivity index (χ0v) is 15.8. The highest BCUT2D eigenvalue weighted by atomic mass is 35.5. The van der Waals surface area contributed by atoms with E-state index in [0.29, 0.717) is 17.9 Å². The second-order valence-electron chi connectivity index (χ2n) is 6.70. The third-order valence-corrected chi connectivity index (χ3v) is 5.45. The van der Waals surface area contributed by atoms with Gasteiger partial charge in [0.2, 0.25) is 0 Å². The third-order valence-electron chi connectivity index (χ3n) is 4.91. The van der Waals surface area contributed by atoms with E-state index in [0.717, 1.165) is 0 Å². The Morgan fingerprint density at radius 2 is 2.11 bits per heavy atom. The van der Waals surface area contributed by atoms with Crippen molar-refractivity contribution < 1.29 is 27.8 Å². The van der Waals surface area contributed by atoms with Crippen molar-refractivity contribution in [2.75, 3.05) is 6.61 Å². The predicted molar refractivity (Wildman–Crippen MR) is 93.7 cm³/mol. The maximum Gasteiger partial charge on any atom is 0.439 e. The lowest BCUT2D eigenvalue weighted by molar-refractivity contribution is -0.317. The van der Waals surface area contributed by atoms with Crippen molar-refractivity contribution in [1.82, 2.24) is 5.01 Å². The number of aliphatic hydroxyl groups is 1. The van der Waals surface area contributed by atoms with Crippen molar-refractivity contribution in [2.45, 2.75) is 38.1 Å². The summed E-state index contributed by atoms with van der Waals surface area (Å²) in [5, 5.41) is 15.0. The molecule has 1 heterocycles. The van der Waals surface area contributed by atoms with Gasteiger partial charge in [-0.25, -0.2) is 0 Å². The van der Waals surface area contributed by atoms with Gasteiger partial charge in [0, 0.05) is 10.7 Å². The number of rotatable bonds is 3. The Morgan fingerprint density at radius 3 is 2.74 bits per heavy atom. The van der Waals surface area contributed by atoms with E-state index in [9.17, 15) is 23.1 Å². The molecule has 1 amide bonds. The molecular formula is C17H17Cl2F3N2O3. The van der Waals surface area contributed by atoms with Crippen LogP contribution < -0.4 is 4.74 Å². The summed E-state index contributed by atoms with van der Waals surface area (Å²) >= 11 is 11.7. The van der Waals surface area contributed by atoms with Gasteiger partial charge in [-0.1, -0.05) is 36.5 Å². The van der Waals surface area contributed by atoms with Gasteiger partial charge in [0.05, 0.1) is 10.9 Å². The minimum atomic E-state index is -5.06. The summed E-state index contributed by atoms with van der Waals surface area (Å²) in [6.45, 7) is 0.970. The highest BCUT2D eigenvalue weighted by Crippen LogP contribution is 2.49. The van der Waals surface area contributed by atoms with E-state index in [-0.39, 0.29) is 33.8 Å². The molecule has 3 atom stereocenters. The van der Waals surface area contributed by atoms with Crippen molar-refractivity contribution in [2.24, 2.45) is 16.9 Å². The summed E-state index contributed by atoms with van der Waals surface area (Å²) < 4.78 is 46.4. The van der Waals surface area contributed by atoms with Crippen LogP contribution in [0.3, 0.4) is 0 Å². The van der Waals surface area contributed by atoms with Crippen LogP contribution in [0.4, 0.5) is 13.2 Å². The van der Waals surface area contributed by atoms with Crippen LogP contribution in [0, 0.1) is 11.8 Å². The molecule has 0 aromatic heterocycles. The molecule has 0 bridgehead atoms. The number of alkyl halides is 3. The van der Waals surface area contributed by atoms with Gasteiger partial charge in [-0.3, -0.25) is 4.79 Å². The second kappa shape index (κ2) is 7.14. The summed E-state index contributed by atoms with van der Waals surface area (Å²) in [5.74, 6) is -2.55. The Labute approximate surface area is 163 Å². The van der Waals surface area contributed by atoms with Gasteiger partial charge in [0.1, 0.15) is 5.75 Å². The Bertz CT molecular complexity index is 787. The highest BCUT2D eigenvalue weighted by Gasteiger charge is 2.69. The lowest BCUT2D eigenvalue weighted by atomic mass is 9.75. The van der Waals surface area contributed by atoms with E-state index >= 15 is 0 Å². The number of amides is 1. The number of halogens is 5. The molecule has 27 heavy (non-hydrogen) atoms. The van der Waals surface area contributed by atoms with Gasteiger partial charge < -0.3 is 9.84 Å². The van der Waals surface area contributed by atoms with Crippen molar-refractivity contribution in [3.05, 3.63) is 28.2 Å². The number of hydrogen-bond acceptors (Lipinski definition) is 4. The Kier molecular flexibility index (Phi) is 5.35. The number of carbonyl (C=O) groups excluding carboxylic acids is 1. The van der Waals surface area contributed by atoms with Crippen LogP contribution in [-0.4, -0.2) is 40.2 Å². The summed E-state index contributed by atoms with van der Waals surface area (Å²) in [6, 6.07) is 4.23. The average molecular weight is 425 g/mol. The lowest BCUT2D eigenvalue weighted by Gasteiger charge is -2.38. The van der Waals surface area contributed by atoms with E-state index in [2.05, 4.69) is 5.10 Å². The maximum absolute atomic E-state index is 13.7. The van der Waals surface area contributed by atoms with Gasteiger partial charge in [-0.05, 0) is 37.0 Å². The fourth-order valence-electron chi connectivity index (χ4n) is 3.54. The molecule has 1 saturated carbocycles. The van der Waals surface area contributed by atoms with Crippen LogP contribution in [-0.2, 0) is 4.79 Å². The largest absolute Gasteiger partial charge is 0.482 e. The molecular weight excluding hydrogens is 408 g/mol. The first-order valence-electron chi connectivity index (χ1n) is 8.34. The molecule has 1 aromatic carbocycles. The third kappa shape index (κ3) is 3.50. The molecule has 0 saturated heterocycles. The fraction of sp³-hybridized carbons (Fsp3) is 0.529. The average Bonchev–Trinajstić information content (AvgIpc) is 2.89. The predicted octanol–water partition coefficient (Wildman–Crippen LogP) is 4.26. The van der Waals surface area contributed by atoms with Crippen LogP contribution in [0.1, 0.15) is 26.2 Å². The monoisotopic (exact) mass is 424 g/mol. The van der Waals surface area contributed by atoms with Crippen molar-refractivity contribution in [3.8, 4) is 5.75 Å². The van der Waals surface area contributed by atoms with Gasteiger partial charge in [-0.15, -0.1) is 0 Å². The number of carbonyl (C=O) groups is 1. The second-order valence-corrected chi connectivity index (χ2v) is 7.55. The summed E-state index contributed by atoms with van der Waals surface area (Å²) in [6.07, 6.45) is -3.79. The quantitative estimate of drug-likeness (QED) is 0.788.